The molecule has 3 fully saturated rings. The topological polar surface area (TPSA) is 373 Å². The average molecular weight is 1460 g/mol. The molecule has 3 aliphatic rings. The Kier molecular flexibility index (Phi) is 53.7. The number of unbranched alkanes of at least 4 members (excludes halogenated alkanes) is 43. The van der Waals surface area contributed by atoms with Crippen LogP contribution in [0.15, 0.2) is 12.2 Å². The Hall–Kier alpha value is -2.53. The molecule has 0 aromatic heterocycles. The molecule has 3 heterocycles. The molecule has 3 rings (SSSR count). The summed E-state index contributed by atoms with van der Waals surface area (Å²) in [6.45, 7) is 2.25. The maximum Gasteiger partial charge on any atom is 0.364 e. The molecule has 2 amide bonds. The van der Waals surface area contributed by atoms with Gasteiger partial charge in [0, 0.05) is 19.8 Å². The number of ether oxygens (including phenoxy) is 6. The van der Waals surface area contributed by atoms with Gasteiger partial charge in [0.15, 0.2) is 12.6 Å². The fraction of sp³-hybridized carbons (Fsp3) is 0.937. The number of carbonyl (C=O) groups is 3. The molecule has 14 N–H and O–H groups in total. The highest BCUT2D eigenvalue weighted by Crippen LogP contribution is 2.39. The van der Waals surface area contributed by atoms with E-state index in [0.29, 0.717) is 19.3 Å². The van der Waals surface area contributed by atoms with E-state index in [2.05, 4.69) is 36.6 Å². The number of amides is 2. The van der Waals surface area contributed by atoms with Crippen LogP contribution in [0.2, 0.25) is 0 Å². The zero-order valence-electron chi connectivity index (χ0n) is 63.5. The molecule has 102 heavy (non-hydrogen) atoms. The van der Waals surface area contributed by atoms with Crippen molar-refractivity contribution >= 4 is 17.8 Å². The van der Waals surface area contributed by atoms with Gasteiger partial charge in [-0.05, 0) is 38.5 Å². The van der Waals surface area contributed by atoms with E-state index < -0.39 is 148 Å². The molecule has 0 radical (unpaired) electrons. The number of rotatable bonds is 65. The minimum atomic E-state index is -3.08. The molecule has 0 aromatic rings. The van der Waals surface area contributed by atoms with Crippen LogP contribution in [-0.4, -0.2) is 215 Å². The Morgan fingerprint density at radius 1 is 0.500 bits per heavy atom. The fourth-order valence-corrected chi connectivity index (χ4v) is 14.5. The summed E-state index contributed by atoms with van der Waals surface area (Å²) in [7, 11) is 0. The maximum atomic E-state index is 13.6. The van der Waals surface area contributed by atoms with E-state index in [1.165, 1.54) is 231 Å². The zero-order chi connectivity index (χ0) is 74.6. The van der Waals surface area contributed by atoms with Gasteiger partial charge >= 0.3 is 5.97 Å². The summed E-state index contributed by atoms with van der Waals surface area (Å²) in [5.74, 6) is -6.09. The highest BCUT2D eigenvalue weighted by molar-refractivity contribution is 5.77. The Balaban J connectivity index is 1.46. The summed E-state index contributed by atoms with van der Waals surface area (Å²) in [4.78, 5) is 38.7. The van der Waals surface area contributed by atoms with Crippen LogP contribution in [-0.2, 0) is 42.8 Å². The van der Waals surface area contributed by atoms with Crippen LogP contribution in [0.3, 0.4) is 0 Å². The second-order valence-corrected chi connectivity index (χ2v) is 30.0. The summed E-state index contributed by atoms with van der Waals surface area (Å²) in [6.07, 6.45) is 33.6. The minimum Gasteiger partial charge on any atom is -0.477 e. The van der Waals surface area contributed by atoms with Crippen LogP contribution in [0.1, 0.15) is 335 Å². The third kappa shape index (κ3) is 38.5. The van der Waals surface area contributed by atoms with Crippen LogP contribution in [0, 0.1) is 0 Å². The van der Waals surface area contributed by atoms with Crippen LogP contribution >= 0.6 is 0 Å². The molecule has 0 aromatic carbocycles. The number of aliphatic hydroxyl groups excluding tert-OH is 11. The first kappa shape index (κ1) is 93.7. The van der Waals surface area contributed by atoms with Crippen molar-refractivity contribution in [2.24, 2.45) is 0 Å². The van der Waals surface area contributed by atoms with Crippen molar-refractivity contribution in [1.29, 1.82) is 0 Å². The lowest BCUT2D eigenvalue weighted by Crippen LogP contribution is -2.70. The SMILES string of the molecule is CCCCCCCCCCCCCC/C=C\CCCCCCCCCCCCCCCCCCC(=O)NC(COC1OC(CO)C(OC2OC(CO)C(O)C(OC3(C(=O)O)CC(O)C(NC(C)=O)C(C(O)C(O)CO)O3)C2O)C(O)C1O)C(O)CCCCCCCCCCCCCCCCCC. The molecule has 3 saturated heterocycles. The predicted octanol–water partition coefficient (Wildman–Crippen LogP) is 11.0. The molecule has 600 valence electrons. The first-order chi connectivity index (χ1) is 49.4. The number of carbonyl (C=O) groups excluding carboxylic acids is 2. The average Bonchev–Trinajstić information content (AvgIpc) is 0.756. The number of aliphatic carboxylic acids is 1. The maximum absolute atomic E-state index is 13.6. The number of aliphatic hydroxyl groups is 11. The number of hydrogen-bond donors (Lipinski definition) is 14. The van der Waals surface area contributed by atoms with E-state index in [9.17, 15) is 75.7 Å². The molecule has 0 spiro atoms. The highest BCUT2D eigenvalue weighted by Gasteiger charge is 2.60. The third-order valence-corrected chi connectivity index (χ3v) is 21.0. The van der Waals surface area contributed by atoms with Gasteiger partial charge < -0.3 is 100 Å². The summed E-state index contributed by atoms with van der Waals surface area (Å²) in [6, 6.07) is -2.53. The Morgan fingerprint density at radius 2 is 0.912 bits per heavy atom. The van der Waals surface area contributed by atoms with Crippen LogP contribution in [0.4, 0.5) is 0 Å². The minimum absolute atomic E-state index is 0.227. The van der Waals surface area contributed by atoms with Gasteiger partial charge in [0.25, 0.3) is 5.79 Å². The number of nitrogens with one attached hydrogen (secondary N) is 2. The quantitative estimate of drug-likeness (QED) is 0.0199. The Bertz CT molecular complexity index is 2080. The van der Waals surface area contributed by atoms with E-state index in [1.807, 2.05) is 0 Å². The molecule has 23 heteroatoms. The predicted molar refractivity (Wildman–Crippen MR) is 394 cm³/mol. The van der Waals surface area contributed by atoms with Gasteiger partial charge in [0.1, 0.15) is 67.1 Å². The van der Waals surface area contributed by atoms with Gasteiger partial charge in [-0.3, -0.25) is 9.59 Å². The normalized spacial score (nSPS) is 26.7. The molecule has 18 atom stereocenters. The number of carboxylic acids is 1. The van der Waals surface area contributed by atoms with Crippen molar-refractivity contribution in [3.63, 3.8) is 0 Å². The molecule has 0 bridgehead atoms. The van der Waals surface area contributed by atoms with Crippen molar-refractivity contribution in [2.45, 2.75) is 445 Å². The van der Waals surface area contributed by atoms with E-state index in [-0.39, 0.29) is 18.9 Å². The summed E-state index contributed by atoms with van der Waals surface area (Å²) >= 11 is 0. The van der Waals surface area contributed by atoms with Gasteiger partial charge in [0.2, 0.25) is 11.8 Å². The molecular formula is C79H148N2O21. The lowest BCUT2D eigenvalue weighted by Gasteiger charge is -2.50. The smallest absolute Gasteiger partial charge is 0.364 e. The second kappa shape index (κ2) is 58.5. The Morgan fingerprint density at radius 3 is 1.32 bits per heavy atom. The highest BCUT2D eigenvalue weighted by atomic mass is 16.8. The molecule has 23 nitrogen and oxygen atoms in total. The van der Waals surface area contributed by atoms with Gasteiger partial charge in [-0.15, -0.1) is 0 Å². The fourth-order valence-electron chi connectivity index (χ4n) is 14.5. The molecular weight excluding hydrogens is 1310 g/mol. The lowest BCUT2D eigenvalue weighted by molar-refractivity contribution is -0.386. The Labute approximate surface area is 613 Å². The summed E-state index contributed by atoms with van der Waals surface area (Å²) in [5, 5.41) is 136. The van der Waals surface area contributed by atoms with Crippen molar-refractivity contribution < 1.29 is 104 Å². The van der Waals surface area contributed by atoms with Gasteiger partial charge in [-0.2, -0.15) is 0 Å². The van der Waals surface area contributed by atoms with Crippen LogP contribution in [0.25, 0.3) is 0 Å². The van der Waals surface area contributed by atoms with Gasteiger partial charge in [-0.25, -0.2) is 4.79 Å². The standard InChI is InChI=1S/C79H148N2O21/c1-4-6-8-10-12-14-16-18-20-22-23-24-25-26-27-28-29-30-31-32-33-34-35-36-37-39-41-43-45-47-49-51-53-66(89)81-60(61(86)52-50-48-46-44-42-40-38-21-19-17-15-13-11-9-7-5-2)58-97-76-71(93)70(92)73(65(57-84)99-76)100-77-72(94)75(69(91)64(56-83)98-77)102-79(78(95)96)54-62(87)67(80-59(3)85)74(101-79)68(90)63(88)55-82/h26-27,60-65,67-77,82-84,86-88,90-94H,4-25,28-58H2,1-3H3,(H,80,85)(H,81,89)(H,95,96)/b27-26-. The molecule has 0 aliphatic carbocycles. The zero-order valence-corrected chi connectivity index (χ0v) is 63.5. The first-order valence-electron chi connectivity index (χ1n) is 41.0. The van der Waals surface area contributed by atoms with E-state index in [1.54, 1.807) is 0 Å². The second-order valence-electron chi connectivity index (χ2n) is 30.0. The monoisotopic (exact) mass is 1460 g/mol. The van der Waals surface area contributed by atoms with Crippen LogP contribution in [0.5, 0.6) is 0 Å². The van der Waals surface area contributed by atoms with Crippen LogP contribution < -0.4 is 10.6 Å². The van der Waals surface area contributed by atoms with Crippen molar-refractivity contribution in [3.8, 4) is 0 Å². The van der Waals surface area contributed by atoms with E-state index in [0.717, 1.165) is 58.3 Å². The summed E-state index contributed by atoms with van der Waals surface area (Å²) < 4.78 is 35.0. The molecule has 3 aliphatic heterocycles. The first-order valence-corrected chi connectivity index (χ1v) is 41.0. The third-order valence-electron chi connectivity index (χ3n) is 21.0. The number of carboxylic acid groups (broad SMARTS) is 1. The number of allylic oxidation sites excluding steroid dienone is 2. The largest absolute Gasteiger partial charge is 0.477 e. The molecule has 18 unspecified atom stereocenters. The van der Waals surface area contributed by atoms with Crippen molar-refractivity contribution in [2.75, 3.05) is 26.4 Å². The van der Waals surface area contributed by atoms with E-state index >= 15 is 0 Å². The van der Waals surface area contributed by atoms with Crippen molar-refractivity contribution in [3.05, 3.63) is 12.2 Å². The van der Waals surface area contributed by atoms with Gasteiger partial charge in [0.05, 0.1) is 50.7 Å². The number of hydrogen-bond acceptors (Lipinski definition) is 20. The van der Waals surface area contributed by atoms with Crippen molar-refractivity contribution in [1.82, 2.24) is 10.6 Å². The summed E-state index contributed by atoms with van der Waals surface area (Å²) in [5.41, 5.74) is 0. The molecule has 0 saturated carbocycles. The lowest BCUT2D eigenvalue weighted by atomic mass is 9.88. The van der Waals surface area contributed by atoms with E-state index in [4.69, 9.17) is 28.4 Å². The van der Waals surface area contributed by atoms with Gasteiger partial charge in [-0.1, -0.05) is 289 Å².